The van der Waals surface area contributed by atoms with Crippen molar-refractivity contribution >= 4 is 21.5 Å². The smallest absolute Gasteiger partial charge is 0.00108 e. The van der Waals surface area contributed by atoms with Gasteiger partial charge < -0.3 is 0 Å². The summed E-state index contributed by atoms with van der Waals surface area (Å²) < 4.78 is 0. The van der Waals surface area contributed by atoms with Crippen LogP contribution in [-0.2, 0) is 25.7 Å². The van der Waals surface area contributed by atoms with E-state index in [-0.39, 0.29) is 0 Å². The first-order valence-electron chi connectivity index (χ1n) is 46.1. The molecule has 6 aliphatic carbocycles. The van der Waals surface area contributed by atoms with Crippen LogP contribution >= 0.6 is 0 Å². The highest BCUT2D eigenvalue weighted by atomic mass is 14.3. The molecular weight excluding hydrogens is 1420 g/mol. The molecule has 0 heterocycles. The lowest BCUT2D eigenvalue weighted by Crippen LogP contribution is -1.84. The lowest BCUT2D eigenvalue weighted by atomic mass is 9.99. The number of fused-ring (bicyclic) bond motifs is 18. The fourth-order valence-corrected chi connectivity index (χ4v) is 15.2. The standard InChI is InChI=1S/2C17H12.4C14H12.14C2H6/c1-11-9-12-5-4-8-15-13-6-2-3-7-14(13)16(10-11)17(12)15;1-11-9-10-12-5-4-8-15-13-6-2-3-7-14(13)16(11)17(12)15;1-10-5-4-7-12-9-11-6-2-3-8-13(11)14(10)12;1-10-5-4-8-13-12-7-3-2-6-11(12)9-14(10)13;1-10-6-7-14-12(8-10)9-11-4-2-3-5-13(11)14;1-10-6-7-12-9-11-4-2-3-5-13(11)14(12)8-10;14*1-2/h2*2-10H,1H3;4*2-8H,9H2,1H3;14*1-2H3. The van der Waals surface area contributed by atoms with Gasteiger partial charge in [0, 0.05) is 0 Å². The molecule has 628 valence electrons. The van der Waals surface area contributed by atoms with E-state index in [1.807, 2.05) is 194 Å². The van der Waals surface area contributed by atoms with Crippen molar-refractivity contribution in [3.8, 4) is 89.0 Å². The third-order valence-electron chi connectivity index (χ3n) is 19.4. The first-order valence-corrected chi connectivity index (χ1v) is 46.1. The zero-order valence-electron chi connectivity index (χ0n) is 80.4. The van der Waals surface area contributed by atoms with E-state index < -0.39 is 0 Å². The molecule has 0 saturated heterocycles. The van der Waals surface area contributed by atoms with Crippen molar-refractivity contribution in [1.82, 2.24) is 0 Å². The number of hydrogen-bond acceptors (Lipinski definition) is 0. The molecule has 14 aromatic rings. The molecule has 6 aliphatic rings. The Kier molecular flexibility index (Phi) is 53.1. The maximum atomic E-state index is 2.30. The number of aryl methyl sites for hydroxylation is 6. The van der Waals surface area contributed by atoms with E-state index in [0.717, 1.165) is 25.7 Å². The van der Waals surface area contributed by atoms with Gasteiger partial charge in [0.1, 0.15) is 0 Å². The summed E-state index contributed by atoms with van der Waals surface area (Å²) >= 11 is 0. The molecule has 118 heavy (non-hydrogen) atoms. The van der Waals surface area contributed by atoms with E-state index in [1.54, 1.807) is 0 Å². The molecule has 0 aliphatic heterocycles. The minimum Gasteiger partial charge on any atom is -0.0683 e. The van der Waals surface area contributed by atoms with Gasteiger partial charge in [0.2, 0.25) is 0 Å². The fourth-order valence-electron chi connectivity index (χ4n) is 15.2. The Morgan fingerprint density at radius 3 is 1.02 bits per heavy atom. The van der Waals surface area contributed by atoms with Gasteiger partial charge in [-0.2, -0.15) is 0 Å². The van der Waals surface area contributed by atoms with E-state index in [4.69, 9.17) is 0 Å². The van der Waals surface area contributed by atoms with Gasteiger partial charge in [-0.25, -0.2) is 0 Å². The zero-order chi connectivity index (χ0) is 89.0. The van der Waals surface area contributed by atoms with Crippen LogP contribution in [0.1, 0.15) is 272 Å². The van der Waals surface area contributed by atoms with Crippen molar-refractivity contribution in [2.75, 3.05) is 0 Å². The maximum absolute atomic E-state index is 2.30. The highest BCUT2D eigenvalue weighted by Gasteiger charge is 2.25. The number of benzene rings is 14. The zero-order valence-corrected chi connectivity index (χ0v) is 80.4. The molecule has 0 aromatic heterocycles. The van der Waals surface area contributed by atoms with Gasteiger partial charge in [-0.1, -0.05) is 484 Å². The third-order valence-corrected chi connectivity index (χ3v) is 19.4. The summed E-state index contributed by atoms with van der Waals surface area (Å²) in [4.78, 5) is 0. The minimum absolute atomic E-state index is 1.10. The molecule has 0 heteroatoms. The van der Waals surface area contributed by atoms with E-state index in [0.29, 0.717) is 0 Å². The van der Waals surface area contributed by atoms with E-state index >= 15 is 0 Å². The first-order chi connectivity index (χ1) is 58.1. The van der Waals surface area contributed by atoms with Crippen LogP contribution in [0.4, 0.5) is 0 Å². The Morgan fingerprint density at radius 2 is 0.475 bits per heavy atom. The molecule has 0 atom stereocenters. The molecule has 0 bridgehead atoms. The lowest BCUT2D eigenvalue weighted by Gasteiger charge is -2.05. The molecular formula is C118H156. The Bertz CT molecular complexity index is 5120. The minimum atomic E-state index is 1.10. The lowest BCUT2D eigenvalue weighted by molar-refractivity contribution is 1.22. The Hall–Kier alpha value is -10.4. The fraction of sp³-hybridized carbons (Fsp3) is 0.322. The number of hydrogen-bond donors (Lipinski definition) is 0. The predicted molar refractivity (Wildman–Crippen MR) is 543 cm³/mol. The monoisotopic (exact) mass is 1570 g/mol. The normalized spacial score (nSPS) is 9.98. The SMILES string of the molecule is CC.CC.CC.CC.CC.CC.CC.CC.CC.CC.CC.CC.CC.CC.Cc1cc2c3c(cccc3c1)-c1ccccc1-2.Cc1ccc2c(c1)-c1ccccc1C2.Cc1ccc2c(c1)Cc1ccccc1-2.Cc1ccc2cccc3c2c1-c1ccccc1-3.Cc1cccc2c1-c1ccccc1C2.Cc1cccc2c1Cc1ccccc1-2. The van der Waals surface area contributed by atoms with Crippen LogP contribution in [0.5, 0.6) is 0 Å². The summed E-state index contributed by atoms with van der Waals surface area (Å²) in [6, 6.07) is 101. The summed E-state index contributed by atoms with van der Waals surface area (Å²) in [5.41, 5.74) is 42.6. The summed E-state index contributed by atoms with van der Waals surface area (Å²) in [5, 5.41) is 5.54. The Labute approximate surface area is 723 Å². The average molecular weight is 1570 g/mol. The highest BCUT2D eigenvalue weighted by molar-refractivity contribution is 6.17. The Balaban J connectivity index is 0.000000668. The van der Waals surface area contributed by atoms with E-state index in [2.05, 4.69) is 321 Å². The summed E-state index contributed by atoms with van der Waals surface area (Å²) in [6.45, 7) is 69.1. The van der Waals surface area contributed by atoms with Gasteiger partial charge in [-0.3, -0.25) is 0 Å². The molecule has 0 unspecified atom stereocenters. The third kappa shape index (κ3) is 26.1. The van der Waals surface area contributed by atoms with Crippen molar-refractivity contribution in [2.24, 2.45) is 0 Å². The molecule has 0 N–H and O–H groups in total. The van der Waals surface area contributed by atoms with Gasteiger partial charge in [0.15, 0.2) is 0 Å². The maximum Gasteiger partial charge on any atom is -0.00108 e. The van der Waals surface area contributed by atoms with Crippen LogP contribution in [0.3, 0.4) is 0 Å². The van der Waals surface area contributed by atoms with Crippen molar-refractivity contribution in [2.45, 2.75) is 261 Å². The number of rotatable bonds is 0. The average Bonchev–Trinajstić information content (AvgIpc) is 1.58. The van der Waals surface area contributed by atoms with Crippen LogP contribution in [-0.4, -0.2) is 0 Å². The Morgan fingerprint density at radius 1 is 0.153 bits per heavy atom. The van der Waals surface area contributed by atoms with E-state index in [9.17, 15) is 0 Å². The van der Waals surface area contributed by atoms with Crippen molar-refractivity contribution in [1.29, 1.82) is 0 Å². The molecule has 0 saturated carbocycles. The van der Waals surface area contributed by atoms with Crippen LogP contribution in [0.15, 0.2) is 279 Å². The molecule has 14 aromatic carbocycles. The van der Waals surface area contributed by atoms with Gasteiger partial charge in [-0.15, -0.1) is 0 Å². The second-order valence-electron chi connectivity index (χ2n) is 25.3. The van der Waals surface area contributed by atoms with Crippen molar-refractivity contribution in [3.63, 3.8) is 0 Å². The van der Waals surface area contributed by atoms with Crippen molar-refractivity contribution < 1.29 is 0 Å². The van der Waals surface area contributed by atoms with Crippen LogP contribution < -0.4 is 0 Å². The molecule has 0 amide bonds. The van der Waals surface area contributed by atoms with Gasteiger partial charge in [0.25, 0.3) is 0 Å². The quantitative estimate of drug-likeness (QED) is 0.142. The molecule has 0 spiro atoms. The molecule has 0 radical (unpaired) electrons. The predicted octanol–water partition coefficient (Wildman–Crippen LogP) is 38.2. The molecule has 0 nitrogen and oxygen atoms in total. The van der Waals surface area contributed by atoms with Crippen LogP contribution in [0.25, 0.3) is 111 Å². The van der Waals surface area contributed by atoms with E-state index in [1.165, 1.54) is 188 Å². The largest absolute Gasteiger partial charge is 0.0683 e. The van der Waals surface area contributed by atoms with Crippen LogP contribution in [0.2, 0.25) is 0 Å². The van der Waals surface area contributed by atoms with Gasteiger partial charge in [0.05, 0.1) is 0 Å². The first kappa shape index (κ1) is 106. The molecule has 0 fully saturated rings. The topological polar surface area (TPSA) is 0 Å². The van der Waals surface area contributed by atoms with Crippen LogP contribution in [0, 0.1) is 41.5 Å². The summed E-state index contributed by atoms with van der Waals surface area (Å²) in [6.07, 6.45) is 4.42. The second kappa shape index (κ2) is 59.3. The highest BCUT2D eigenvalue weighted by Crippen LogP contribution is 2.50. The van der Waals surface area contributed by atoms with Gasteiger partial charge in [-0.05, 0) is 245 Å². The molecule has 20 rings (SSSR count). The summed E-state index contributed by atoms with van der Waals surface area (Å²) in [7, 11) is 0. The summed E-state index contributed by atoms with van der Waals surface area (Å²) in [5.74, 6) is 0. The van der Waals surface area contributed by atoms with Gasteiger partial charge >= 0.3 is 0 Å². The second-order valence-corrected chi connectivity index (χ2v) is 25.3. The van der Waals surface area contributed by atoms with Crippen molar-refractivity contribution in [3.05, 3.63) is 357 Å².